The number of methoxy groups -OCH3 is 1. The second-order valence-corrected chi connectivity index (χ2v) is 3.14. The van der Waals surface area contributed by atoms with Crippen LogP contribution in [0, 0.1) is 0 Å². The van der Waals surface area contributed by atoms with Crippen LogP contribution in [0.1, 0.15) is 0 Å². The molecule has 0 spiro atoms. The summed E-state index contributed by atoms with van der Waals surface area (Å²) in [6.07, 6.45) is -1.78. The van der Waals surface area contributed by atoms with Crippen molar-refractivity contribution in [1.29, 1.82) is 0 Å². The number of carboxylic acid groups (broad SMARTS) is 1. The van der Waals surface area contributed by atoms with Gasteiger partial charge in [-0.3, -0.25) is 0 Å². The van der Waals surface area contributed by atoms with Crippen LogP contribution >= 0.6 is 11.6 Å². The van der Waals surface area contributed by atoms with Crippen molar-refractivity contribution in [2.75, 3.05) is 46.0 Å². The molecule has 0 aliphatic rings. The van der Waals surface area contributed by atoms with E-state index in [9.17, 15) is 4.79 Å². The van der Waals surface area contributed by atoms with Gasteiger partial charge in [-0.05, 0) is 0 Å². The van der Waals surface area contributed by atoms with Gasteiger partial charge in [-0.1, -0.05) is 0 Å². The highest BCUT2D eigenvalue weighted by Crippen LogP contribution is 1.97. The van der Waals surface area contributed by atoms with Crippen LogP contribution in [0.4, 0.5) is 4.79 Å². The smallest absolute Gasteiger partial charge is 0.450 e. The van der Waals surface area contributed by atoms with E-state index in [0.717, 1.165) is 0 Å². The number of rotatable bonds is 10. The summed E-state index contributed by atoms with van der Waals surface area (Å²) in [4.78, 5) is 10.1. The van der Waals surface area contributed by atoms with Crippen LogP contribution in [0.25, 0.3) is 0 Å². The predicted molar refractivity (Wildman–Crippen MR) is 57.1 cm³/mol. The first kappa shape index (κ1) is 15.4. The molecule has 0 radical (unpaired) electrons. The fourth-order valence-corrected chi connectivity index (χ4v) is 0.998. The summed E-state index contributed by atoms with van der Waals surface area (Å²) in [6, 6.07) is 0. The van der Waals surface area contributed by atoms with Gasteiger partial charge in [0.15, 0.2) is 0 Å². The Hall–Kier alpha value is -0.560. The lowest BCUT2D eigenvalue weighted by Crippen LogP contribution is -2.25. The van der Waals surface area contributed by atoms with Crippen LogP contribution in [0.3, 0.4) is 0 Å². The first-order valence-electron chi connectivity index (χ1n) is 4.80. The highest BCUT2D eigenvalue weighted by atomic mass is 35.5. The van der Waals surface area contributed by atoms with Gasteiger partial charge < -0.3 is 24.1 Å². The molecule has 0 amide bonds. The van der Waals surface area contributed by atoms with Crippen LogP contribution in [0.2, 0.25) is 0 Å². The minimum Gasteiger partial charge on any atom is -0.450 e. The third-order valence-corrected chi connectivity index (χ3v) is 1.92. The standard InChI is InChI=1S/C9H17ClO6/c1-13-2-3-14-4-5-15-8(6-10)7-16-9(11)12/h8H,2-7H2,1H3,(H,11,12). The van der Waals surface area contributed by atoms with E-state index >= 15 is 0 Å². The molecule has 6 nitrogen and oxygen atoms in total. The number of hydrogen-bond acceptors (Lipinski definition) is 5. The van der Waals surface area contributed by atoms with E-state index in [1.165, 1.54) is 0 Å². The van der Waals surface area contributed by atoms with Gasteiger partial charge in [0.05, 0.1) is 32.3 Å². The summed E-state index contributed by atoms with van der Waals surface area (Å²) in [7, 11) is 1.59. The van der Waals surface area contributed by atoms with Crippen molar-refractivity contribution in [3.05, 3.63) is 0 Å². The molecule has 0 aliphatic heterocycles. The minimum atomic E-state index is -1.34. The molecule has 0 saturated heterocycles. The van der Waals surface area contributed by atoms with Crippen LogP contribution < -0.4 is 0 Å². The molecule has 0 bridgehead atoms. The summed E-state index contributed by atoms with van der Waals surface area (Å²) in [5, 5.41) is 8.27. The topological polar surface area (TPSA) is 74.2 Å². The van der Waals surface area contributed by atoms with Crippen LogP contribution in [-0.2, 0) is 18.9 Å². The summed E-state index contributed by atoms with van der Waals surface area (Å²) in [6.45, 7) is 1.70. The highest BCUT2D eigenvalue weighted by Gasteiger charge is 2.10. The summed E-state index contributed by atoms with van der Waals surface area (Å²) >= 11 is 5.55. The van der Waals surface area contributed by atoms with Crippen molar-refractivity contribution < 1.29 is 28.8 Å². The maximum absolute atomic E-state index is 10.1. The van der Waals surface area contributed by atoms with Gasteiger partial charge in [-0.2, -0.15) is 0 Å². The molecular weight excluding hydrogens is 240 g/mol. The fourth-order valence-electron chi connectivity index (χ4n) is 0.819. The summed E-state index contributed by atoms with van der Waals surface area (Å²) in [5.41, 5.74) is 0. The van der Waals surface area contributed by atoms with Crippen molar-refractivity contribution in [3.63, 3.8) is 0 Å². The Labute approximate surface area is 99.4 Å². The Morgan fingerprint density at radius 3 is 2.56 bits per heavy atom. The average Bonchev–Trinajstić information content (AvgIpc) is 2.27. The van der Waals surface area contributed by atoms with Gasteiger partial charge in [0, 0.05) is 7.11 Å². The molecule has 0 aromatic heterocycles. The lowest BCUT2D eigenvalue weighted by molar-refractivity contribution is -0.0261. The Kier molecular flexibility index (Phi) is 10.6. The molecule has 96 valence electrons. The molecule has 0 heterocycles. The van der Waals surface area contributed by atoms with Gasteiger partial charge in [0.2, 0.25) is 0 Å². The third-order valence-electron chi connectivity index (χ3n) is 1.58. The normalized spacial score (nSPS) is 12.4. The first-order valence-corrected chi connectivity index (χ1v) is 5.34. The van der Waals surface area contributed by atoms with E-state index in [-0.39, 0.29) is 12.5 Å². The molecule has 0 fully saturated rings. The van der Waals surface area contributed by atoms with Gasteiger partial charge in [-0.15, -0.1) is 11.6 Å². The first-order chi connectivity index (χ1) is 7.70. The summed E-state index contributed by atoms with van der Waals surface area (Å²) < 4.78 is 19.5. The summed E-state index contributed by atoms with van der Waals surface area (Å²) in [5.74, 6) is 0.172. The van der Waals surface area contributed by atoms with Crippen LogP contribution in [-0.4, -0.2) is 63.4 Å². The van der Waals surface area contributed by atoms with Crippen LogP contribution in [0.5, 0.6) is 0 Å². The zero-order valence-corrected chi connectivity index (χ0v) is 9.94. The number of ether oxygens (including phenoxy) is 4. The Morgan fingerprint density at radius 1 is 1.31 bits per heavy atom. The quantitative estimate of drug-likeness (QED) is 0.357. The van der Waals surface area contributed by atoms with E-state index in [1.807, 2.05) is 0 Å². The second-order valence-electron chi connectivity index (χ2n) is 2.83. The lowest BCUT2D eigenvalue weighted by atomic mass is 10.4. The lowest BCUT2D eigenvalue weighted by Gasteiger charge is -2.14. The molecule has 16 heavy (non-hydrogen) atoms. The number of carbonyl (C=O) groups is 1. The average molecular weight is 257 g/mol. The molecule has 0 aliphatic carbocycles. The Balaban J connectivity index is 3.37. The monoisotopic (exact) mass is 256 g/mol. The molecule has 0 rings (SSSR count). The maximum Gasteiger partial charge on any atom is 0.505 e. The fraction of sp³-hybridized carbons (Fsp3) is 0.889. The molecule has 1 unspecified atom stereocenters. The van der Waals surface area contributed by atoms with Crippen molar-refractivity contribution >= 4 is 17.8 Å². The van der Waals surface area contributed by atoms with E-state index in [4.69, 9.17) is 30.9 Å². The van der Waals surface area contributed by atoms with Crippen LogP contribution in [0.15, 0.2) is 0 Å². The Bertz CT molecular complexity index is 177. The maximum atomic E-state index is 10.1. The largest absolute Gasteiger partial charge is 0.505 e. The van der Waals surface area contributed by atoms with Crippen molar-refractivity contribution in [2.24, 2.45) is 0 Å². The van der Waals surface area contributed by atoms with E-state index in [0.29, 0.717) is 26.4 Å². The molecule has 0 saturated carbocycles. The van der Waals surface area contributed by atoms with Gasteiger partial charge in [0.1, 0.15) is 12.7 Å². The Morgan fingerprint density at radius 2 is 2.00 bits per heavy atom. The number of hydrogen-bond donors (Lipinski definition) is 1. The predicted octanol–water partition coefficient (Wildman–Crippen LogP) is 0.968. The molecule has 1 N–H and O–H groups in total. The second kappa shape index (κ2) is 10.9. The van der Waals surface area contributed by atoms with E-state index in [1.54, 1.807) is 7.11 Å². The molecule has 1 atom stereocenters. The third kappa shape index (κ3) is 9.97. The van der Waals surface area contributed by atoms with Crippen molar-refractivity contribution in [2.45, 2.75) is 6.10 Å². The van der Waals surface area contributed by atoms with Gasteiger partial charge >= 0.3 is 6.16 Å². The molecule has 0 aromatic rings. The number of halogens is 1. The van der Waals surface area contributed by atoms with Gasteiger partial charge in [-0.25, -0.2) is 4.79 Å². The highest BCUT2D eigenvalue weighted by molar-refractivity contribution is 6.18. The minimum absolute atomic E-state index is 0.0725. The molecule has 7 heteroatoms. The molecular formula is C9H17ClO6. The van der Waals surface area contributed by atoms with E-state index in [2.05, 4.69) is 4.74 Å². The zero-order valence-electron chi connectivity index (χ0n) is 9.19. The zero-order chi connectivity index (χ0) is 12.2. The number of alkyl halides is 1. The van der Waals surface area contributed by atoms with Gasteiger partial charge in [0.25, 0.3) is 0 Å². The van der Waals surface area contributed by atoms with E-state index < -0.39 is 12.3 Å². The molecule has 0 aromatic carbocycles. The SMILES string of the molecule is COCCOCCOC(CCl)COC(=O)O. The van der Waals surface area contributed by atoms with Crippen molar-refractivity contribution in [1.82, 2.24) is 0 Å². The van der Waals surface area contributed by atoms with Crippen molar-refractivity contribution in [3.8, 4) is 0 Å².